The van der Waals surface area contributed by atoms with Crippen molar-refractivity contribution in [3.05, 3.63) is 29.8 Å². The molecule has 0 bridgehead atoms. The van der Waals surface area contributed by atoms with Gasteiger partial charge in [-0.25, -0.2) is 9.59 Å². The summed E-state index contributed by atoms with van der Waals surface area (Å²) in [5, 5.41) is 11.8. The van der Waals surface area contributed by atoms with Gasteiger partial charge in [-0.2, -0.15) is 0 Å². The Morgan fingerprint density at radius 1 is 1.35 bits per heavy atom. The summed E-state index contributed by atoms with van der Waals surface area (Å²) in [4.78, 5) is 37.4. The molecule has 1 heterocycles. The summed E-state index contributed by atoms with van der Waals surface area (Å²) in [6.07, 6.45) is 0. The molecule has 0 atom stereocenters. The monoisotopic (exact) mass is 277 g/mol. The average molecular weight is 277 g/mol. The number of aromatic carboxylic acids is 1. The predicted octanol–water partition coefficient (Wildman–Crippen LogP) is 0.373. The summed E-state index contributed by atoms with van der Waals surface area (Å²) in [5.41, 5.74) is 0.348. The van der Waals surface area contributed by atoms with Crippen LogP contribution in [0.15, 0.2) is 24.3 Å². The molecule has 1 aliphatic heterocycles. The standard InChI is InChI=1S/C13H15N3O4/c1-15(10-5-3-2-4-9(10)12(18)19)13(20)16-7-6-14-11(17)8-16/h2-5H,6-8H2,1H3,(H,14,17)(H,18,19). The third-order valence-corrected chi connectivity index (χ3v) is 3.09. The fourth-order valence-electron chi connectivity index (χ4n) is 2.06. The first kappa shape index (κ1) is 13.9. The Balaban J connectivity index is 2.22. The number of piperazine rings is 1. The summed E-state index contributed by atoms with van der Waals surface area (Å²) in [6.45, 7) is 0.793. The highest BCUT2D eigenvalue weighted by atomic mass is 16.4. The molecule has 0 aromatic heterocycles. The van der Waals surface area contributed by atoms with Gasteiger partial charge in [-0.05, 0) is 12.1 Å². The molecule has 2 N–H and O–H groups in total. The molecular weight excluding hydrogens is 262 g/mol. The maximum Gasteiger partial charge on any atom is 0.337 e. The average Bonchev–Trinajstić information content (AvgIpc) is 2.45. The number of amides is 3. The van der Waals surface area contributed by atoms with Crippen LogP contribution in [0.2, 0.25) is 0 Å². The lowest BCUT2D eigenvalue weighted by Gasteiger charge is -2.31. The summed E-state index contributed by atoms with van der Waals surface area (Å²) in [6, 6.07) is 5.86. The molecule has 7 heteroatoms. The van der Waals surface area contributed by atoms with Crippen LogP contribution in [0.4, 0.5) is 10.5 Å². The molecule has 106 valence electrons. The Kier molecular flexibility index (Phi) is 3.88. The number of carboxylic acid groups (broad SMARTS) is 1. The zero-order valence-corrected chi connectivity index (χ0v) is 11.0. The number of carboxylic acids is 1. The van der Waals surface area contributed by atoms with E-state index in [0.29, 0.717) is 18.8 Å². The van der Waals surface area contributed by atoms with Crippen LogP contribution in [-0.4, -0.2) is 54.6 Å². The van der Waals surface area contributed by atoms with Gasteiger partial charge in [0.05, 0.1) is 11.3 Å². The number of urea groups is 1. The second-order valence-corrected chi connectivity index (χ2v) is 4.44. The largest absolute Gasteiger partial charge is 0.478 e. The highest BCUT2D eigenvalue weighted by Gasteiger charge is 2.26. The van der Waals surface area contributed by atoms with E-state index >= 15 is 0 Å². The lowest BCUT2D eigenvalue weighted by molar-refractivity contribution is -0.123. The second kappa shape index (κ2) is 5.60. The lowest BCUT2D eigenvalue weighted by Crippen LogP contribution is -2.53. The number of carbonyl (C=O) groups is 3. The van der Waals surface area contributed by atoms with Crippen LogP contribution in [-0.2, 0) is 4.79 Å². The van der Waals surface area contributed by atoms with Gasteiger partial charge in [0.1, 0.15) is 6.54 Å². The minimum atomic E-state index is -1.10. The van der Waals surface area contributed by atoms with Gasteiger partial charge >= 0.3 is 12.0 Å². The quantitative estimate of drug-likeness (QED) is 0.817. The van der Waals surface area contributed by atoms with E-state index in [1.807, 2.05) is 0 Å². The smallest absolute Gasteiger partial charge is 0.337 e. The van der Waals surface area contributed by atoms with E-state index in [9.17, 15) is 14.4 Å². The van der Waals surface area contributed by atoms with E-state index in [1.54, 1.807) is 18.2 Å². The van der Waals surface area contributed by atoms with Crippen LogP contribution in [0, 0.1) is 0 Å². The maximum atomic E-state index is 12.3. The van der Waals surface area contributed by atoms with Crippen LogP contribution < -0.4 is 10.2 Å². The van der Waals surface area contributed by atoms with Crippen LogP contribution >= 0.6 is 0 Å². The second-order valence-electron chi connectivity index (χ2n) is 4.44. The molecule has 1 aliphatic rings. The number of nitrogens with zero attached hydrogens (tertiary/aromatic N) is 2. The van der Waals surface area contributed by atoms with Crippen LogP contribution in [0.25, 0.3) is 0 Å². The van der Waals surface area contributed by atoms with Gasteiger partial charge in [-0.1, -0.05) is 12.1 Å². The zero-order chi connectivity index (χ0) is 14.7. The van der Waals surface area contributed by atoms with E-state index in [1.165, 1.54) is 22.9 Å². The summed E-state index contributed by atoms with van der Waals surface area (Å²) in [5.74, 6) is -1.32. The molecule has 1 aromatic carbocycles. The van der Waals surface area contributed by atoms with Crippen molar-refractivity contribution >= 4 is 23.6 Å². The van der Waals surface area contributed by atoms with Gasteiger partial charge in [0.25, 0.3) is 0 Å². The fraction of sp³-hybridized carbons (Fsp3) is 0.308. The van der Waals surface area contributed by atoms with Crippen LogP contribution in [0.5, 0.6) is 0 Å². The number of carbonyl (C=O) groups excluding carboxylic acids is 2. The van der Waals surface area contributed by atoms with E-state index in [-0.39, 0.29) is 18.0 Å². The molecule has 0 saturated carbocycles. The van der Waals surface area contributed by atoms with Gasteiger partial charge in [-0.15, -0.1) is 0 Å². The van der Waals surface area contributed by atoms with Crippen LogP contribution in [0.1, 0.15) is 10.4 Å². The van der Waals surface area contributed by atoms with E-state index < -0.39 is 12.0 Å². The third-order valence-electron chi connectivity index (χ3n) is 3.09. The lowest BCUT2D eigenvalue weighted by atomic mass is 10.1. The Hall–Kier alpha value is -2.57. The van der Waals surface area contributed by atoms with Crippen LogP contribution in [0.3, 0.4) is 0 Å². The van der Waals surface area contributed by atoms with Crippen molar-refractivity contribution in [2.75, 3.05) is 31.6 Å². The molecule has 1 saturated heterocycles. The normalized spacial score (nSPS) is 14.7. The predicted molar refractivity (Wildman–Crippen MR) is 71.8 cm³/mol. The SMILES string of the molecule is CN(C(=O)N1CCNC(=O)C1)c1ccccc1C(=O)O. The molecule has 0 aliphatic carbocycles. The van der Waals surface area contributed by atoms with Crippen molar-refractivity contribution in [1.82, 2.24) is 10.2 Å². The van der Waals surface area contributed by atoms with Crippen molar-refractivity contribution in [3.63, 3.8) is 0 Å². The minimum Gasteiger partial charge on any atom is -0.478 e. The highest BCUT2D eigenvalue weighted by molar-refractivity contribution is 6.01. The number of para-hydroxylation sites is 1. The molecule has 1 aromatic rings. The van der Waals surface area contributed by atoms with E-state index in [2.05, 4.69) is 5.32 Å². The Morgan fingerprint density at radius 3 is 2.70 bits per heavy atom. The number of hydrogen-bond acceptors (Lipinski definition) is 3. The minimum absolute atomic E-state index is 0.0155. The first-order valence-corrected chi connectivity index (χ1v) is 6.12. The number of hydrogen-bond donors (Lipinski definition) is 2. The Bertz CT molecular complexity index is 558. The molecule has 0 spiro atoms. The molecule has 3 amide bonds. The zero-order valence-electron chi connectivity index (χ0n) is 11.0. The molecule has 2 rings (SSSR count). The summed E-state index contributed by atoms with van der Waals surface area (Å²) >= 11 is 0. The summed E-state index contributed by atoms with van der Waals surface area (Å²) < 4.78 is 0. The maximum absolute atomic E-state index is 12.3. The van der Waals surface area contributed by atoms with Crippen molar-refractivity contribution in [3.8, 4) is 0 Å². The van der Waals surface area contributed by atoms with Gasteiger partial charge in [0.2, 0.25) is 5.91 Å². The number of anilines is 1. The number of rotatable bonds is 2. The summed E-state index contributed by atoms with van der Waals surface area (Å²) in [7, 11) is 1.50. The van der Waals surface area contributed by atoms with Crippen molar-refractivity contribution in [2.45, 2.75) is 0 Å². The third kappa shape index (κ3) is 2.71. The van der Waals surface area contributed by atoms with Crippen molar-refractivity contribution in [2.24, 2.45) is 0 Å². The van der Waals surface area contributed by atoms with Gasteiger partial charge in [0, 0.05) is 20.1 Å². The fourth-order valence-corrected chi connectivity index (χ4v) is 2.06. The molecule has 7 nitrogen and oxygen atoms in total. The molecule has 0 unspecified atom stereocenters. The van der Waals surface area contributed by atoms with E-state index in [0.717, 1.165) is 0 Å². The molecule has 0 radical (unpaired) electrons. The van der Waals surface area contributed by atoms with Crippen molar-refractivity contribution < 1.29 is 19.5 Å². The van der Waals surface area contributed by atoms with E-state index in [4.69, 9.17) is 5.11 Å². The van der Waals surface area contributed by atoms with Crippen molar-refractivity contribution in [1.29, 1.82) is 0 Å². The molecular formula is C13H15N3O4. The van der Waals surface area contributed by atoms with Gasteiger partial charge < -0.3 is 15.3 Å². The van der Waals surface area contributed by atoms with Gasteiger partial charge in [-0.3, -0.25) is 9.69 Å². The Labute approximate surface area is 115 Å². The topological polar surface area (TPSA) is 90.0 Å². The first-order chi connectivity index (χ1) is 9.50. The number of benzene rings is 1. The molecule has 1 fully saturated rings. The van der Waals surface area contributed by atoms with Gasteiger partial charge in [0.15, 0.2) is 0 Å². The Morgan fingerprint density at radius 2 is 2.05 bits per heavy atom. The number of nitrogens with one attached hydrogen (secondary N) is 1. The molecule has 20 heavy (non-hydrogen) atoms. The first-order valence-electron chi connectivity index (χ1n) is 6.12. The highest BCUT2D eigenvalue weighted by Crippen LogP contribution is 2.20.